The number of allylic oxidation sites excluding steroid dienone is 24. The predicted molar refractivity (Wildman–Crippen MR) is 352 cm³/mol. The van der Waals surface area contributed by atoms with Crippen molar-refractivity contribution in [1.29, 1.82) is 0 Å². The molecule has 0 spiro atoms. The molecule has 0 amide bonds. The molecule has 458 valence electrons. The van der Waals surface area contributed by atoms with Crippen molar-refractivity contribution in [2.45, 2.75) is 297 Å². The van der Waals surface area contributed by atoms with E-state index in [4.69, 9.17) is 14.2 Å². The van der Waals surface area contributed by atoms with Crippen LogP contribution in [0.25, 0.3) is 0 Å². The summed E-state index contributed by atoms with van der Waals surface area (Å²) in [7, 11) is 0. The van der Waals surface area contributed by atoms with Crippen LogP contribution in [0, 0.1) is 0 Å². The van der Waals surface area contributed by atoms with Crippen molar-refractivity contribution in [3.8, 4) is 0 Å². The van der Waals surface area contributed by atoms with Gasteiger partial charge in [-0.2, -0.15) is 0 Å². The van der Waals surface area contributed by atoms with Crippen LogP contribution in [0.1, 0.15) is 290 Å². The molecule has 6 nitrogen and oxygen atoms in total. The number of ether oxygens (including phenoxy) is 3. The predicted octanol–water partition coefficient (Wildman–Crippen LogP) is 23.1. The van der Waals surface area contributed by atoms with Crippen LogP contribution in [-0.4, -0.2) is 37.2 Å². The number of carbonyl (C=O) groups is 3. The van der Waals surface area contributed by atoms with Gasteiger partial charge in [0.15, 0.2) is 6.10 Å². The molecule has 1 unspecified atom stereocenters. The molecule has 6 heteroatoms. The lowest BCUT2D eigenvalue weighted by Crippen LogP contribution is -2.30. The molecular weight excluding hydrogens is 997 g/mol. The van der Waals surface area contributed by atoms with Crippen LogP contribution in [0.5, 0.6) is 0 Å². The average Bonchev–Trinajstić information content (AvgIpc) is 3.46. The van der Waals surface area contributed by atoms with Gasteiger partial charge in [-0.05, 0) is 141 Å². The van der Waals surface area contributed by atoms with Crippen LogP contribution < -0.4 is 0 Å². The van der Waals surface area contributed by atoms with Crippen molar-refractivity contribution in [3.63, 3.8) is 0 Å². The third-order valence-corrected chi connectivity index (χ3v) is 13.8. The van der Waals surface area contributed by atoms with Crippen molar-refractivity contribution < 1.29 is 28.6 Å². The van der Waals surface area contributed by atoms with Crippen LogP contribution in [0.2, 0.25) is 0 Å². The molecule has 0 rings (SSSR count). The number of rotatable bonds is 59. The standard InChI is InChI=1S/C75H122O6/c1-4-7-10-13-16-19-22-25-27-28-29-30-31-32-33-34-35-36-37-38-39-40-41-42-43-44-45-46-48-50-53-56-59-62-65-68-74(77)80-71-72(70-79-73(76)67-64-61-58-55-52-49-24-21-18-15-12-9-6-3)81-75(78)69-66-63-60-57-54-51-47-26-23-20-17-14-11-8-5-2/h7,9-10,12,16-21,25-27,29-30,32-33,35-36,38-39,47,49,52,72H,4-6,8,11,13-15,22-24,28,31,34,37,40-46,48,50-51,53-71H2,1-3H3/b10-7-,12-9-,19-16-,20-17-,21-18-,27-25-,30-29-,33-32-,36-35-,39-38-,47-26-,52-49-. The first-order chi connectivity index (χ1) is 40.0. The molecular formula is C75H122O6. The Morgan fingerprint density at radius 1 is 0.259 bits per heavy atom. The number of unbranched alkanes of at least 4 members (excludes halogenated alkanes) is 24. The molecule has 0 aromatic heterocycles. The highest BCUT2D eigenvalue weighted by molar-refractivity contribution is 5.71. The van der Waals surface area contributed by atoms with Gasteiger partial charge in [-0.25, -0.2) is 0 Å². The van der Waals surface area contributed by atoms with E-state index in [1.54, 1.807) is 0 Å². The van der Waals surface area contributed by atoms with E-state index in [1.165, 1.54) is 96.3 Å². The molecule has 0 aliphatic heterocycles. The molecule has 0 N–H and O–H groups in total. The molecule has 0 aromatic rings. The highest BCUT2D eigenvalue weighted by Crippen LogP contribution is 2.16. The summed E-state index contributed by atoms with van der Waals surface area (Å²) in [5.41, 5.74) is 0. The Bertz CT molecular complexity index is 1760. The first kappa shape index (κ1) is 76.3. The summed E-state index contributed by atoms with van der Waals surface area (Å²) in [4.78, 5) is 38.3. The van der Waals surface area contributed by atoms with Crippen molar-refractivity contribution in [2.24, 2.45) is 0 Å². The first-order valence-corrected chi connectivity index (χ1v) is 33.3. The minimum atomic E-state index is -0.803. The molecule has 0 radical (unpaired) electrons. The molecule has 81 heavy (non-hydrogen) atoms. The highest BCUT2D eigenvalue weighted by atomic mass is 16.6. The topological polar surface area (TPSA) is 78.9 Å². The average molecular weight is 1120 g/mol. The summed E-state index contributed by atoms with van der Waals surface area (Å²) in [6.07, 6.45) is 97.3. The number of carbonyl (C=O) groups excluding carboxylic acids is 3. The molecule has 0 aliphatic carbocycles. The fraction of sp³-hybridized carbons (Fsp3) is 0.640. The van der Waals surface area contributed by atoms with Gasteiger partial charge in [0, 0.05) is 19.3 Å². The zero-order valence-electron chi connectivity index (χ0n) is 52.5. The Morgan fingerprint density at radius 2 is 0.481 bits per heavy atom. The van der Waals surface area contributed by atoms with Crippen LogP contribution >= 0.6 is 0 Å². The molecule has 0 heterocycles. The summed E-state index contributed by atoms with van der Waals surface area (Å²) in [6, 6.07) is 0. The molecule has 1 atom stereocenters. The van der Waals surface area contributed by atoms with Gasteiger partial charge in [-0.3, -0.25) is 14.4 Å². The zero-order chi connectivity index (χ0) is 58.5. The summed E-state index contributed by atoms with van der Waals surface area (Å²) >= 11 is 0. The minimum absolute atomic E-state index is 0.0966. The molecule has 0 saturated carbocycles. The second-order valence-corrected chi connectivity index (χ2v) is 21.6. The van der Waals surface area contributed by atoms with Crippen LogP contribution in [0.4, 0.5) is 0 Å². The molecule has 0 fully saturated rings. The molecule has 0 aromatic carbocycles. The van der Waals surface area contributed by atoms with Gasteiger partial charge in [0.1, 0.15) is 13.2 Å². The minimum Gasteiger partial charge on any atom is -0.462 e. The van der Waals surface area contributed by atoms with Crippen LogP contribution in [0.15, 0.2) is 146 Å². The van der Waals surface area contributed by atoms with Crippen molar-refractivity contribution >= 4 is 17.9 Å². The lowest BCUT2D eigenvalue weighted by molar-refractivity contribution is -0.167. The number of hydrogen-bond donors (Lipinski definition) is 0. The summed E-state index contributed by atoms with van der Waals surface area (Å²) in [6.45, 7) is 6.35. The number of hydrogen-bond acceptors (Lipinski definition) is 6. The monoisotopic (exact) mass is 1120 g/mol. The van der Waals surface area contributed by atoms with E-state index in [2.05, 4.69) is 167 Å². The van der Waals surface area contributed by atoms with Gasteiger partial charge in [0.2, 0.25) is 0 Å². The van der Waals surface area contributed by atoms with Crippen molar-refractivity contribution in [2.75, 3.05) is 13.2 Å². The SMILES string of the molecule is CC/C=C\C/C=C\C/C=C\C/C=C\C/C=C\C/C=C\C/C=C\CCCCCCCCCCCCCCCC(=O)OCC(COC(=O)CCCCC/C=C\C/C=C\C/C=C\CC)OC(=O)CCCCCCC/C=C\C/C=C\CCCCC. The van der Waals surface area contributed by atoms with E-state index < -0.39 is 6.10 Å². The van der Waals surface area contributed by atoms with E-state index in [0.29, 0.717) is 19.3 Å². The Hall–Kier alpha value is -4.71. The summed E-state index contributed by atoms with van der Waals surface area (Å²) < 4.78 is 16.9. The summed E-state index contributed by atoms with van der Waals surface area (Å²) in [5, 5.41) is 0. The fourth-order valence-corrected chi connectivity index (χ4v) is 8.88. The largest absolute Gasteiger partial charge is 0.462 e. The summed E-state index contributed by atoms with van der Waals surface area (Å²) in [5.74, 6) is -0.941. The van der Waals surface area contributed by atoms with Gasteiger partial charge >= 0.3 is 17.9 Å². The van der Waals surface area contributed by atoms with Gasteiger partial charge in [-0.15, -0.1) is 0 Å². The Labute approximate surface area is 499 Å². The zero-order valence-corrected chi connectivity index (χ0v) is 52.5. The maximum atomic E-state index is 12.9. The lowest BCUT2D eigenvalue weighted by atomic mass is 10.0. The first-order valence-electron chi connectivity index (χ1n) is 33.3. The second-order valence-electron chi connectivity index (χ2n) is 21.6. The third kappa shape index (κ3) is 66.0. The smallest absolute Gasteiger partial charge is 0.306 e. The van der Waals surface area contributed by atoms with E-state index in [0.717, 1.165) is 154 Å². The van der Waals surface area contributed by atoms with Gasteiger partial charge in [0.25, 0.3) is 0 Å². The van der Waals surface area contributed by atoms with E-state index in [1.807, 2.05) is 0 Å². The molecule has 0 aliphatic rings. The van der Waals surface area contributed by atoms with Gasteiger partial charge in [0.05, 0.1) is 0 Å². The fourth-order valence-electron chi connectivity index (χ4n) is 8.88. The maximum Gasteiger partial charge on any atom is 0.306 e. The normalized spacial score (nSPS) is 13.1. The highest BCUT2D eigenvalue weighted by Gasteiger charge is 2.19. The number of esters is 3. The van der Waals surface area contributed by atoms with Gasteiger partial charge < -0.3 is 14.2 Å². The van der Waals surface area contributed by atoms with Gasteiger partial charge in [-0.1, -0.05) is 276 Å². The maximum absolute atomic E-state index is 12.9. The van der Waals surface area contributed by atoms with E-state index >= 15 is 0 Å². The second kappa shape index (κ2) is 67.8. The quantitative estimate of drug-likeness (QED) is 0.0261. The molecule has 0 bridgehead atoms. The van der Waals surface area contributed by atoms with Crippen LogP contribution in [-0.2, 0) is 28.6 Å². The lowest BCUT2D eigenvalue weighted by Gasteiger charge is -2.18. The van der Waals surface area contributed by atoms with E-state index in [-0.39, 0.29) is 31.1 Å². The van der Waals surface area contributed by atoms with E-state index in [9.17, 15) is 14.4 Å². The third-order valence-electron chi connectivity index (χ3n) is 13.8. The Morgan fingerprint density at radius 3 is 0.765 bits per heavy atom. The van der Waals surface area contributed by atoms with Crippen molar-refractivity contribution in [3.05, 3.63) is 146 Å². The van der Waals surface area contributed by atoms with Crippen LogP contribution in [0.3, 0.4) is 0 Å². The Kier molecular flexibility index (Phi) is 63.9. The molecule has 0 saturated heterocycles. The Balaban J connectivity index is 4.21. The van der Waals surface area contributed by atoms with Crippen molar-refractivity contribution in [1.82, 2.24) is 0 Å².